The van der Waals surface area contributed by atoms with Gasteiger partial charge in [-0.25, -0.2) is 0 Å². The molecule has 0 aliphatic carbocycles. The molecule has 0 spiro atoms. The molecule has 0 unspecified atom stereocenters. The lowest BCUT2D eigenvalue weighted by atomic mass is 9.89. The molecule has 1 atom stereocenters. The van der Waals surface area contributed by atoms with Crippen molar-refractivity contribution >= 4 is 10.1 Å². The van der Waals surface area contributed by atoms with E-state index in [1.54, 1.807) is 6.07 Å². The molecule has 1 heterocycles. The van der Waals surface area contributed by atoms with E-state index in [2.05, 4.69) is 5.32 Å². The molecular formula is C12H17NO3S. The molecule has 94 valence electrons. The number of hydrogen-bond acceptors (Lipinski definition) is 3. The van der Waals surface area contributed by atoms with Gasteiger partial charge in [-0.05, 0) is 44.9 Å². The monoisotopic (exact) mass is 255 g/mol. The van der Waals surface area contributed by atoms with E-state index in [4.69, 9.17) is 0 Å². The number of hydrogen-bond donors (Lipinski definition) is 2. The van der Waals surface area contributed by atoms with Crippen molar-refractivity contribution in [2.45, 2.75) is 37.1 Å². The average Bonchev–Trinajstić information content (AvgIpc) is 2.64. The van der Waals surface area contributed by atoms with Crippen molar-refractivity contribution in [1.82, 2.24) is 5.32 Å². The van der Waals surface area contributed by atoms with Crippen molar-refractivity contribution in [2.75, 3.05) is 6.54 Å². The molecule has 17 heavy (non-hydrogen) atoms. The summed E-state index contributed by atoms with van der Waals surface area (Å²) in [4.78, 5) is 0.0139. The van der Waals surface area contributed by atoms with Gasteiger partial charge in [0, 0.05) is 5.54 Å². The van der Waals surface area contributed by atoms with E-state index in [0.717, 1.165) is 24.9 Å². The summed E-state index contributed by atoms with van der Waals surface area (Å²) in [5, 5.41) is 3.31. The number of rotatable bonds is 2. The smallest absolute Gasteiger partial charge is 0.294 e. The SMILES string of the molecule is Cc1ccc(S(=O)(=O)O)c([C@@]2(C)CCCN2)c1. The van der Waals surface area contributed by atoms with Crippen LogP contribution in [0.2, 0.25) is 0 Å². The fraction of sp³-hybridized carbons (Fsp3) is 0.500. The van der Waals surface area contributed by atoms with E-state index in [1.165, 1.54) is 6.07 Å². The Hall–Kier alpha value is -0.910. The molecule has 1 aromatic rings. The van der Waals surface area contributed by atoms with E-state index in [-0.39, 0.29) is 10.4 Å². The second-order valence-electron chi connectivity index (χ2n) is 4.84. The van der Waals surface area contributed by atoms with Crippen molar-refractivity contribution in [3.63, 3.8) is 0 Å². The molecular weight excluding hydrogens is 238 g/mol. The Bertz CT molecular complexity index is 531. The molecule has 2 rings (SSSR count). The summed E-state index contributed by atoms with van der Waals surface area (Å²) in [7, 11) is -4.17. The summed E-state index contributed by atoms with van der Waals surface area (Å²) < 4.78 is 32.1. The first-order valence-corrected chi connectivity index (χ1v) is 7.11. The van der Waals surface area contributed by atoms with Gasteiger partial charge in [-0.1, -0.05) is 17.7 Å². The number of aryl methyl sites for hydroxylation is 1. The fourth-order valence-corrected chi connectivity index (χ4v) is 3.23. The summed E-state index contributed by atoms with van der Waals surface area (Å²) >= 11 is 0. The Balaban J connectivity index is 2.63. The van der Waals surface area contributed by atoms with Crippen LogP contribution < -0.4 is 5.32 Å². The zero-order valence-corrected chi connectivity index (χ0v) is 10.8. The van der Waals surface area contributed by atoms with Gasteiger partial charge in [-0.3, -0.25) is 4.55 Å². The number of benzene rings is 1. The zero-order chi connectivity index (χ0) is 12.7. The second-order valence-corrected chi connectivity index (χ2v) is 6.23. The standard InChI is InChI=1S/C12H17NO3S/c1-9-4-5-11(17(14,15)16)10(8-9)12(2)6-3-7-13-12/h4-5,8,13H,3,6-7H2,1-2H3,(H,14,15,16)/t12-/m1/s1. The Morgan fingerprint density at radius 2 is 2.12 bits per heavy atom. The van der Waals surface area contributed by atoms with Gasteiger partial charge in [0.25, 0.3) is 10.1 Å². The third kappa shape index (κ3) is 2.36. The van der Waals surface area contributed by atoms with Crippen LogP contribution in [-0.4, -0.2) is 19.5 Å². The fourth-order valence-electron chi connectivity index (χ4n) is 2.42. The Morgan fingerprint density at radius 1 is 1.41 bits per heavy atom. The minimum absolute atomic E-state index is 0.0139. The zero-order valence-electron chi connectivity index (χ0n) is 10.0. The second kappa shape index (κ2) is 4.08. The molecule has 1 aliphatic rings. The molecule has 2 N–H and O–H groups in total. The predicted molar refractivity (Wildman–Crippen MR) is 65.6 cm³/mol. The Morgan fingerprint density at radius 3 is 2.65 bits per heavy atom. The molecule has 1 aromatic carbocycles. The van der Waals surface area contributed by atoms with Gasteiger partial charge >= 0.3 is 0 Å². The first kappa shape index (κ1) is 12.5. The van der Waals surface area contributed by atoms with Crippen LogP contribution in [-0.2, 0) is 15.7 Å². The van der Waals surface area contributed by atoms with Crippen LogP contribution in [0.5, 0.6) is 0 Å². The maximum absolute atomic E-state index is 11.4. The lowest BCUT2D eigenvalue weighted by Crippen LogP contribution is -2.34. The molecule has 4 nitrogen and oxygen atoms in total. The topological polar surface area (TPSA) is 66.4 Å². The van der Waals surface area contributed by atoms with Crippen LogP contribution in [0.4, 0.5) is 0 Å². The lowest BCUT2D eigenvalue weighted by Gasteiger charge is -2.27. The maximum atomic E-state index is 11.4. The highest BCUT2D eigenvalue weighted by Gasteiger charge is 2.34. The predicted octanol–water partition coefficient (Wildman–Crippen LogP) is 1.84. The third-order valence-electron chi connectivity index (χ3n) is 3.38. The van der Waals surface area contributed by atoms with Crippen molar-refractivity contribution < 1.29 is 13.0 Å². The van der Waals surface area contributed by atoms with Gasteiger partial charge in [0.05, 0.1) is 4.90 Å². The Kier molecular flexibility index (Phi) is 3.01. The van der Waals surface area contributed by atoms with Gasteiger partial charge in [0.1, 0.15) is 0 Å². The molecule has 0 aromatic heterocycles. The molecule has 1 fully saturated rings. The van der Waals surface area contributed by atoms with E-state index >= 15 is 0 Å². The molecule has 1 saturated heterocycles. The van der Waals surface area contributed by atoms with Crippen molar-refractivity contribution in [3.05, 3.63) is 29.3 Å². The number of nitrogens with one attached hydrogen (secondary N) is 1. The van der Waals surface area contributed by atoms with Crippen molar-refractivity contribution in [2.24, 2.45) is 0 Å². The molecule has 0 radical (unpaired) electrons. The van der Waals surface area contributed by atoms with E-state index in [1.807, 2.05) is 19.9 Å². The lowest BCUT2D eigenvalue weighted by molar-refractivity contribution is 0.418. The minimum Gasteiger partial charge on any atom is -0.308 e. The van der Waals surface area contributed by atoms with Gasteiger partial charge < -0.3 is 5.32 Å². The van der Waals surface area contributed by atoms with Crippen LogP contribution in [0.15, 0.2) is 23.1 Å². The van der Waals surface area contributed by atoms with E-state index in [9.17, 15) is 13.0 Å². The first-order valence-electron chi connectivity index (χ1n) is 5.67. The van der Waals surface area contributed by atoms with Gasteiger partial charge in [-0.2, -0.15) is 8.42 Å². The summed E-state index contributed by atoms with van der Waals surface area (Å²) in [6.07, 6.45) is 1.88. The quantitative estimate of drug-likeness (QED) is 0.791. The molecule has 5 heteroatoms. The van der Waals surface area contributed by atoms with E-state index in [0.29, 0.717) is 5.56 Å². The van der Waals surface area contributed by atoms with Crippen LogP contribution in [0.3, 0.4) is 0 Å². The highest BCUT2D eigenvalue weighted by molar-refractivity contribution is 7.85. The van der Waals surface area contributed by atoms with E-state index < -0.39 is 10.1 Å². The summed E-state index contributed by atoms with van der Waals surface area (Å²) in [6.45, 7) is 4.76. The summed E-state index contributed by atoms with van der Waals surface area (Å²) in [5.41, 5.74) is 1.29. The summed E-state index contributed by atoms with van der Waals surface area (Å²) in [5.74, 6) is 0. The largest absolute Gasteiger partial charge is 0.308 e. The van der Waals surface area contributed by atoms with Gasteiger partial charge in [0.15, 0.2) is 0 Å². The highest BCUT2D eigenvalue weighted by Crippen LogP contribution is 2.34. The third-order valence-corrected chi connectivity index (χ3v) is 4.29. The molecule has 1 aliphatic heterocycles. The van der Waals surface area contributed by atoms with Crippen LogP contribution in [0.25, 0.3) is 0 Å². The Labute approximate surface area is 102 Å². The van der Waals surface area contributed by atoms with Gasteiger partial charge in [-0.15, -0.1) is 0 Å². The summed E-state index contributed by atoms with van der Waals surface area (Å²) in [6, 6.07) is 5.01. The van der Waals surface area contributed by atoms with Crippen LogP contribution >= 0.6 is 0 Å². The van der Waals surface area contributed by atoms with Crippen molar-refractivity contribution in [3.8, 4) is 0 Å². The molecule has 0 saturated carbocycles. The normalized spacial score (nSPS) is 25.1. The molecule has 0 bridgehead atoms. The minimum atomic E-state index is -4.17. The highest BCUT2D eigenvalue weighted by atomic mass is 32.2. The first-order chi connectivity index (χ1) is 7.83. The average molecular weight is 255 g/mol. The van der Waals surface area contributed by atoms with Gasteiger partial charge in [0.2, 0.25) is 0 Å². The van der Waals surface area contributed by atoms with Crippen LogP contribution in [0.1, 0.15) is 30.9 Å². The van der Waals surface area contributed by atoms with Crippen molar-refractivity contribution in [1.29, 1.82) is 0 Å². The molecule has 0 amide bonds. The van der Waals surface area contributed by atoms with Crippen LogP contribution in [0, 0.1) is 6.92 Å². The maximum Gasteiger partial charge on any atom is 0.294 e.